The van der Waals surface area contributed by atoms with Crippen LogP contribution in [-0.4, -0.2) is 41.4 Å². The summed E-state index contributed by atoms with van der Waals surface area (Å²) in [6, 6.07) is 5.43. The molecule has 2 aromatic heterocycles. The zero-order valence-corrected chi connectivity index (χ0v) is 19.1. The van der Waals surface area contributed by atoms with Crippen molar-refractivity contribution in [2.75, 3.05) is 0 Å². The van der Waals surface area contributed by atoms with E-state index in [1.54, 1.807) is 18.0 Å². The number of aromatic nitrogens is 5. The van der Waals surface area contributed by atoms with Gasteiger partial charge in [0.25, 0.3) is 5.91 Å². The van der Waals surface area contributed by atoms with E-state index >= 15 is 0 Å². The van der Waals surface area contributed by atoms with Crippen molar-refractivity contribution in [3.05, 3.63) is 83.1 Å². The number of nitrogens with zero attached hydrogens (tertiary/aromatic N) is 6. The number of carbonyl (C=O) groups is 1. The molecule has 0 saturated carbocycles. The third kappa shape index (κ3) is 3.49. The van der Waals surface area contributed by atoms with Crippen LogP contribution in [0.5, 0.6) is 0 Å². The summed E-state index contributed by atoms with van der Waals surface area (Å²) >= 11 is 0. The smallest absolute Gasteiger partial charge is 0.254 e. The second kappa shape index (κ2) is 8.28. The molecule has 0 aliphatic carbocycles. The molecule has 4 aromatic rings. The number of carbonyl (C=O) groups excluding carboxylic acids is 1. The lowest BCUT2D eigenvalue weighted by Gasteiger charge is -2.45. The number of hydrogen-bond acceptors (Lipinski definition) is 4. The fourth-order valence-electron chi connectivity index (χ4n) is 5.53. The summed E-state index contributed by atoms with van der Waals surface area (Å²) in [7, 11) is 1.65. The Balaban J connectivity index is 1.41. The fraction of sp³-hybridized carbons (Fsp3) is 0.280. The quantitative estimate of drug-likeness (QED) is 0.309. The number of piperidine rings is 1. The molecule has 2 unspecified atom stereocenters. The van der Waals surface area contributed by atoms with Gasteiger partial charge < -0.3 is 4.90 Å². The van der Waals surface area contributed by atoms with E-state index in [2.05, 4.69) is 15.3 Å². The van der Waals surface area contributed by atoms with Crippen molar-refractivity contribution in [3.63, 3.8) is 0 Å². The standard InChI is InChI=1S/C25H20F4N6O/c1-33-24(13-7-19(27)22(29)20(28)8-13)18-10-16-3-2-4-21(23(18)32-33)35(16)25(36)14-5-15(26)9-17(6-14)34-11-30-31-12-34/h5-9,11-12,16,21H,2-4,10H2,1H3. The van der Waals surface area contributed by atoms with E-state index in [0.717, 1.165) is 30.5 Å². The average molecular weight is 496 g/mol. The molecule has 0 spiro atoms. The predicted molar refractivity (Wildman–Crippen MR) is 120 cm³/mol. The minimum atomic E-state index is -1.52. The minimum Gasteiger partial charge on any atom is -0.327 e. The summed E-state index contributed by atoms with van der Waals surface area (Å²) in [5.41, 5.74) is 2.71. The zero-order chi connectivity index (χ0) is 25.1. The maximum absolute atomic E-state index is 14.5. The highest BCUT2D eigenvalue weighted by Gasteiger charge is 2.43. The van der Waals surface area contributed by atoms with E-state index in [-0.39, 0.29) is 29.1 Å². The zero-order valence-electron chi connectivity index (χ0n) is 19.1. The molecule has 4 heterocycles. The molecule has 2 atom stereocenters. The molecule has 184 valence electrons. The average Bonchev–Trinajstić information content (AvgIpc) is 3.49. The van der Waals surface area contributed by atoms with Crippen LogP contribution in [-0.2, 0) is 13.5 Å². The number of halogens is 4. The van der Waals surface area contributed by atoms with Crippen LogP contribution in [0.25, 0.3) is 16.9 Å². The van der Waals surface area contributed by atoms with E-state index < -0.39 is 23.3 Å². The predicted octanol–water partition coefficient (Wildman–Crippen LogP) is 4.52. The summed E-state index contributed by atoms with van der Waals surface area (Å²) in [6.45, 7) is 0. The molecule has 2 aliphatic heterocycles. The van der Waals surface area contributed by atoms with Crippen molar-refractivity contribution in [1.29, 1.82) is 0 Å². The van der Waals surface area contributed by atoms with Gasteiger partial charge >= 0.3 is 0 Å². The lowest BCUT2D eigenvalue weighted by Crippen LogP contribution is -2.49. The van der Waals surface area contributed by atoms with Crippen molar-refractivity contribution < 1.29 is 22.4 Å². The largest absolute Gasteiger partial charge is 0.327 e. The maximum Gasteiger partial charge on any atom is 0.254 e. The highest BCUT2D eigenvalue weighted by Crippen LogP contribution is 2.45. The van der Waals surface area contributed by atoms with E-state index in [4.69, 9.17) is 0 Å². The Kier molecular flexibility index (Phi) is 5.16. The Hall–Kier alpha value is -4.02. The van der Waals surface area contributed by atoms with Crippen molar-refractivity contribution in [1.82, 2.24) is 29.4 Å². The third-order valence-electron chi connectivity index (χ3n) is 7.01. The SMILES string of the molecule is Cn1nc2c(c1-c1cc(F)c(F)c(F)c1)CC1CCCC2N1C(=O)c1cc(F)cc(-n2cnnc2)c1. The fourth-order valence-corrected chi connectivity index (χ4v) is 5.53. The number of hydrogen-bond donors (Lipinski definition) is 0. The Labute approximate surface area is 203 Å². The van der Waals surface area contributed by atoms with Crippen LogP contribution in [0, 0.1) is 23.3 Å². The van der Waals surface area contributed by atoms with Crippen LogP contribution in [0.4, 0.5) is 17.6 Å². The number of benzene rings is 2. The molecular weight excluding hydrogens is 476 g/mol. The first-order valence-electron chi connectivity index (χ1n) is 11.5. The number of fused-ring (bicyclic) bond motifs is 4. The Morgan fingerprint density at radius 3 is 2.42 bits per heavy atom. The third-order valence-corrected chi connectivity index (χ3v) is 7.01. The van der Waals surface area contributed by atoms with Gasteiger partial charge in [0.15, 0.2) is 17.5 Å². The van der Waals surface area contributed by atoms with Gasteiger partial charge in [-0.15, -0.1) is 10.2 Å². The molecule has 6 rings (SSSR count). The van der Waals surface area contributed by atoms with E-state index in [0.29, 0.717) is 29.9 Å². The molecule has 2 bridgehead atoms. The van der Waals surface area contributed by atoms with Gasteiger partial charge in [-0.25, -0.2) is 17.6 Å². The Morgan fingerprint density at radius 1 is 0.972 bits per heavy atom. The number of amides is 1. The lowest BCUT2D eigenvalue weighted by molar-refractivity contribution is 0.0391. The maximum atomic E-state index is 14.5. The molecule has 7 nitrogen and oxygen atoms in total. The molecule has 0 N–H and O–H groups in total. The molecule has 1 amide bonds. The van der Waals surface area contributed by atoms with Crippen LogP contribution < -0.4 is 0 Å². The molecule has 11 heteroatoms. The first-order chi connectivity index (χ1) is 17.3. The van der Waals surface area contributed by atoms with Crippen LogP contribution in [0.15, 0.2) is 43.0 Å². The summed E-state index contributed by atoms with van der Waals surface area (Å²) in [5.74, 6) is -4.96. The van der Waals surface area contributed by atoms with Gasteiger partial charge in [-0.1, -0.05) is 0 Å². The molecular formula is C25H20F4N6O. The second-order valence-electron chi connectivity index (χ2n) is 9.17. The number of rotatable bonds is 3. The van der Waals surface area contributed by atoms with Crippen molar-refractivity contribution in [2.45, 2.75) is 37.8 Å². The van der Waals surface area contributed by atoms with E-state index in [1.165, 1.54) is 34.0 Å². The molecule has 2 aromatic carbocycles. The summed E-state index contributed by atoms with van der Waals surface area (Å²) in [5, 5.41) is 12.1. The Bertz CT molecular complexity index is 1480. The van der Waals surface area contributed by atoms with Crippen LogP contribution in [0.1, 0.15) is 46.9 Å². The van der Waals surface area contributed by atoms with Crippen molar-refractivity contribution >= 4 is 5.91 Å². The van der Waals surface area contributed by atoms with Gasteiger partial charge in [-0.05, 0) is 56.0 Å². The van der Waals surface area contributed by atoms with Gasteiger partial charge in [0.1, 0.15) is 18.5 Å². The first kappa shape index (κ1) is 22.4. The molecule has 0 radical (unpaired) electrons. The van der Waals surface area contributed by atoms with Crippen molar-refractivity contribution in [3.8, 4) is 16.9 Å². The van der Waals surface area contributed by atoms with Crippen LogP contribution >= 0.6 is 0 Å². The number of aryl methyl sites for hydroxylation is 1. The lowest BCUT2D eigenvalue weighted by atomic mass is 9.81. The van der Waals surface area contributed by atoms with Crippen LogP contribution in [0.2, 0.25) is 0 Å². The van der Waals surface area contributed by atoms with Gasteiger partial charge in [0.2, 0.25) is 0 Å². The molecule has 2 aliphatic rings. The Morgan fingerprint density at radius 2 is 1.69 bits per heavy atom. The molecule has 1 fully saturated rings. The van der Waals surface area contributed by atoms with Crippen molar-refractivity contribution in [2.24, 2.45) is 7.05 Å². The summed E-state index contributed by atoms with van der Waals surface area (Å²) in [4.78, 5) is 15.5. The highest BCUT2D eigenvalue weighted by atomic mass is 19.2. The van der Waals surface area contributed by atoms with Gasteiger partial charge in [0.05, 0.1) is 23.1 Å². The van der Waals surface area contributed by atoms with Gasteiger partial charge in [-0.3, -0.25) is 14.0 Å². The van der Waals surface area contributed by atoms with Gasteiger partial charge in [-0.2, -0.15) is 5.10 Å². The first-order valence-corrected chi connectivity index (χ1v) is 11.5. The molecule has 36 heavy (non-hydrogen) atoms. The van der Waals surface area contributed by atoms with E-state index in [9.17, 15) is 22.4 Å². The highest BCUT2D eigenvalue weighted by molar-refractivity contribution is 5.95. The minimum absolute atomic E-state index is 0.184. The summed E-state index contributed by atoms with van der Waals surface area (Å²) < 4.78 is 59.1. The topological polar surface area (TPSA) is 68.8 Å². The monoisotopic (exact) mass is 496 g/mol. The molecule has 1 saturated heterocycles. The van der Waals surface area contributed by atoms with E-state index in [1.807, 2.05) is 0 Å². The normalized spacial score (nSPS) is 18.9. The second-order valence-corrected chi connectivity index (χ2v) is 9.17. The van der Waals surface area contributed by atoms with Crippen LogP contribution in [0.3, 0.4) is 0 Å². The summed E-state index contributed by atoms with van der Waals surface area (Å²) in [6.07, 6.45) is 5.48. The van der Waals surface area contributed by atoms with Gasteiger partial charge in [0, 0.05) is 29.8 Å².